The van der Waals surface area contributed by atoms with Crippen molar-refractivity contribution in [1.82, 2.24) is 10.5 Å². The van der Waals surface area contributed by atoms with Gasteiger partial charge in [-0.3, -0.25) is 0 Å². The van der Waals surface area contributed by atoms with Crippen LogP contribution in [0, 0.1) is 11.8 Å². The van der Waals surface area contributed by atoms with E-state index in [4.69, 9.17) is 20.9 Å². The lowest BCUT2D eigenvalue weighted by molar-refractivity contribution is 0.0469. The van der Waals surface area contributed by atoms with Crippen molar-refractivity contribution < 1.29 is 19.2 Å². The van der Waals surface area contributed by atoms with Crippen molar-refractivity contribution in [1.29, 1.82) is 0 Å². The molecule has 1 amide bonds. The maximum absolute atomic E-state index is 11.9. The van der Waals surface area contributed by atoms with Crippen LogP contribution in [0.15, 0.2) is 41.1 Å². The summed E-state index contributed by atoms with van der Waals surface area (Å²) in [5.41, 5.74) is -0.425. The summed E-state index contributed by atoms with van der Waals surface area (Å²) >= 11 is 5.94. The van der Waals surface area contributed by atoms with Crippen molar-refractivity contribution in [3.05, 3.63) is 47.1 Å². The van der Waals surface area contributed by atoms with E-state index in [1.807, 2.05) is 6.07 Å². The number of amides is 1. The maximum Gasteiger partial charge on any atom is 0.415 e. The number of halogens is 1. The monoisotopic (exact) mass is 360 g/mol. The summed E-state index contributed by atoms with van der Waals surface area (Å²) in [5.74, 6) is 5.89. The summed E-state index contributed by atoms with van der Waals surface area (Å²) in [4.78, 5) is 11.9. The van der Waals surface area contributed by atoms with E-state index in [1.165, 1.54) is 12.3 Å². The Balaban J connectivity index is 1.61. The smallest absolute Gasteiger partial charge is 0.378 e. The molecule has 0 bridgehead atoms. The van der Waals surface area contributed by atoms with E-state index in [-0.39, 0.29) is 12.0 Å². The van der Waals surface area contributed by atoms with Crippen LogP contribution < -0.4 is 10.1 Å². The number of hydrogen-bond donors (Lipinski definition) is 2. The van der Waals surface area contributed by atoms with Crippen LogP contribution in [0.5, 0.6) is 5.95 Å². The van der Waals surface area contributed by atoms with Gasteiger partial charge in [0.2, 0.25) is 0 Å². The standard InChI is InChI=1S/C18H17ClN2O4/c19-14-4-1-3-13(11-14)6-9-18(23)8-2-5-15(12-18)21-17(22)24-16-7-10-20-25-16/h1,3-4,7,10-11,15,23H,2,5,8,12H2,(H,21,22)/t15-,18+/m1/s1. The molecule has 1 aromatic heterocycles. The first-order valence-corrected chi connectivity index (χ1v) is 8.30. The molecule has 3 rings (SSSR count). The number of nitrogens with zero attached hydrogens (tertiary/aromatic N) is 1. The third kappa shape index (κ3) is 4.99. The van der Waals surface area contributed by atoms with Crippen LogP contribution in [0.25, 0.3) is 0 Å². The van der Waals surface area contributed by atoms with Crippen LogP contribution in [-0.4, -0.2) is 28.0 Å². The molecule has 0 saturated heterocycles. The van der Waals surface area contributed by atoms with Crippen LogP contribution in [0.3, 0.4) is 0 Å². The van der Waals surface area contributed by atoms with E-state index in [9.17, 15) is 9.90 Å². The van der Waals surface area contributed by atoms with Crippen LogP contribution in [-0.2, 0) is 0 Å². The minimum absolute atomic E-state index is 0.0179. The van der Waals surface area contributed by atoms with Crippen molar-refractivity contribution in [2.45, 2.75) is 37.3 Å². The molecule has 6 nitrogen and oxygen atoms in total. The first-order chi connectivity index (χ1) is 12.0. The number of carbonyl (C=O) groups excluding carboxylic acids is 1. The Hall–Kier alpha value is -2.49. The molecule has 2 N–H and O–H groups in total. The van der Waals surface area contributed by atoms with Gasteiger partial charge in [-0.15, -0.1) is 0 Å². The molecule has 2 aromatic rings. The van der Waals surface area contributed by atoms with Gasteiger partial charge in [-0.1, -0.05) is 34.7 Å². The minimum atomic E-state index is -1.16. The van der Waals surface area contributed by atoms with Gasteiger partial charge in [-0.2, -0.15) is 0 Å². The SMILES string of the molecule is O=C(N[C@@H]1CCC[C@](O)(C#Cc2cccc(Cl)c2)C1)Oc1ccno1. The average molecular weight is 361 g/mol. The van der Waals surface area contributed by atoms with Crippen LogP contribution >= 0.6 is 11.6 Å². The third-order valence-electron chi connectivity index (χ3n) is 3.92. The quantitative estimate of drug-likeness (QED) is 0.804. The Morgan fingerprint density at radius 2 is 2.36 bits per heavy atom. The van der Waals surface area contributed by atoms with Crippen LogP contribution in [0.4, 0.5) is 4.79 Å². The molecule has 1 aromatic carbocycles. The second-order valence-corrected chi connectivity index (χ2v) is 6.39. The van der Waals surface area contributed by atoms with E-state index < -0.39 is 11.7 Å². The predicted molar refractivity (Wildman–Crippen MR) is 91.2 cm³/mol. The Labute approximate surface area is 150 Å². The molecule has 1 heterocycles. The number of nitrogens with one attached hydrogen (secondary N) is 1. The first kappa shape index (κ1) is 17.3. The minimum Gasteiger partial charge on any atom is -0.378 e. The van der Waals surface area contributed by atoms with Crippen LogP contribution in [0.2, 0.25) is 5.02 Å². The average Bonchev–Trinajstić information content (AvgIpc) is 3.06. The van der Waals surface area contributed by atoms with Gasteiger partial charge in [0.25, 0.3) is 0 Å². The number of hydrogen-bond acceptors (Lipinski definition) is 5. The fraction of sp³-hybridized carbons (Fsp3) is 0.333. The number of aliphatic hydroxyl groups is 1. The highest BCUT2D eigenvalue weighted by molar-refractivity contribution is 6.30. The van der Waals surface area contributed by atoms with Gasteiger partial charge >= 0.3 is 12.0 Å². The molecular formula is C18H17ClN2O4. The zero-order chi connectivity index (χ0) is 17.7. The molecule has 1 aliphatic rings. The van der Waals surface area contributed by atoms with Crippen molar-refractivity contribution in [2.24, 2.45) is 0 Å². The summed E-state index contributed by atoms with van der Waals surface area (Å²) in [7, 11) is 0. The Morgan fingerprint density at radius 3 is 3.12 bits per heavy atom. The van der Waals surface area contributed by atoms with Gasteiger partial charge < -0.3 is 19.7 Å². The van der Waals surface area contributed by atoms with Gasteiger partial charge in [-0.05, 0) is 37.5 Å². The first-order valence-electron chi connectivity index (χ1n) is 7.93. The van der Waals surface area contributed by atoms with E-state index in [0.717, 1.165) is 18.4 Å². The summed E-state index contributed by atoms with van der Waals surface area (Å²) in [6.45, 7) is 0. The van der Waals surface area contributed by atoms with Gasteiger partial charge in [-0.25, -0.2) is 4.79 Å². The summed E-state index contributed by atoms with van der Waals surface area (Å²) < 4.78 is 9.67. The van der Waals surface area contributed by atoms with E-state index >= 15 is 0 Å². The van der Waals surface area contributed by atoms with E-state index in [2.05, 4.69) is 22.3 Å². The molecule has 0 aliphatic heterocycles. The fourth-order valence-electron chi connectivity index (χ4n) is 2.79. The maximum atomic E-state index is 11.9. The lowest BCUT2D eigenvalue weighted by Gasteiger charge is -2.33. The molecule has 1 fully saturated rings. The lowest BCUT2D eigenvalue weighted by Crippen LogP contribution is -2.46. The molecule has 130 valence electrons. The molecule has 1 aliphatic carbocycles. The van der Waals surface area contributed by atoms with Gasteiger partial charge in [0, 0.05) is 29.1 Å². The molecule has 2 atom stereocenters. The lowest BCUT2D eigenvalue weighted by atomic mass is 9.82. The highest BCUT2D eigenvalue weighted by Crippen LogP contribution is 2.28. The fourth-order valence-corrected chi connectivity index (χ4v) is 2.98. The summed E-state index contributed by atoms with van der Waals surface area (Å²) in [6.07, 6.45) is 3.10. The van der Waals surface area contributed by atoms with Crippen molar-refractivity contribution in [3.8, 4) is 17.8 Å². The molecule has 1 saturated carbocycles. The van der Waals surface area contributed by atoms with E-state index in [1.54, 1.807) is 18.2 Å². The number of carbonyl (C=O) groups is 1. The molecule has 7 heteroatoms. The van der Waals surface area contributed by atoms with Crippen molar-refractivity contribution in [2.75, 3.05) is 0 Å². The number of ether oxygens (including phenoxy) is 1. The Kier molecular flexibility index (Phi) is 5.27. The summed E-state index contributed by atoms with van der Waals surface area (Å²) in [6, 6.07) is 8.35. The number of aromatic nitrogens is 1. The Bertz CT molecular complexity index is 797. The molecule has 25 heavy (non-hydrogen) atoms. The van der Waals surface area contributed by atoms with Crippen LogP contribution in [0.1, 0.15) is 31.2 Å². The number of rotatable bonds is 2. The second-order valence-electron chi connectivity index (χ2n) is 5.95. The van der Waals surface area contributed by atoms with Gasteiger partial charge in [0.15, 0.2) is 0 Å². The number of benzene rings is 1. The topological polar surface area (TPSA) is 84.6 Å². The zero-order valence-corrected chi connectivity index (χ0v) is 14.1. The Morgan fingerprint density at radius 1 is 1.48 bits per heavy atom. The third-order valence-corrected chi connectivity index (χ3v) is 4.16. The van der Waals surface area contributed by atoms with Gasteiger partial charge in [0.1, 0.15) is 5.60 Å². The van der Waals surface area contributed by atoms with E-state index in [0.29, 0.717) is 17.9 Å². The highest BCUT2D eigenvalue weighted by Gasteiger charge is 2.34. The summed E-state index contributed by atoms with van der Waals surface area (Å²) in [5, 5.41) is 17.5. The molecule has 0 radical (unpaired) electrons. The molecule has 0 spiro atoms. The van der Waals surface area contributed by atoms with Crippen molar-refractivity contribution >= 4 is 17.7 Å². The highest BCUT2D eigenvalue weighted by atomic mass is 35.5. The van der Waals surface area contributed by atoms with Gasteiger partial charge in [0.05, 0.1) is 6.20 Å². The molecule has 0 unspecified atom stereocenters. The predicted octanol–water partition coefficient (Wildman–Crippen LogP) is 3.14. The largest absolute Gasteiger partial charge is 0.415 e. The van der Waals surface area contributed by atoms with Crippen molar-refractivity contribution in [3.63, 3.8) is 0 Å². The zero-order valence-electron chi connectivity index (χ0n) is 13.4. The second kappa shape index (κ2) is 7.60. The molecular weight excluding hydrogens is 344 g/mol. The normalized spacial score (nSPS) is 22.6.